The van der Waals surface area contributed by atoms with Crippen LogP contribution in [-0.4, -0.2) is 34.3 Å². The van der Waals surface area contributed by atoms with E-state index in [1.165, 1.54) is 13.8 Å². The molecule has 0 rings (SSSR count). The van der Waals surface area contributed by atoms with E-state index in [1.807, 2.05) is 5.92 Å². The van der Waals surface area contributed by atoms with E-state index < -0.39 is 23.0 Å². The third kappa shape index (κ3) is 5.83. The highest BCUT2D eigenvalue weighted by Gasteiger charge is 2.24. The fourth-order valence-corrected chi connectivity index (χ4v) is 3.77. The third-order valence-corrected chi connectivity index (χ3v) is 5.49. The van der Waals surface area contributed by atoms with Crippen molar-refractivity contribution in [3.8, 4) is 12.3 Å². The molecule has 0 saturated heterocycles. The van der Waals surface area contributed by atoms with Gasteiger partial charge in [0.1, 0.15) is 6.61 Å². The highest BCUT2D eigenvalue weighted by atomic mass is 32.2. The van der Waals surface area contributed by atoms with Crippen molar-refractivity contribution in [1.82, 2.24) is 0 Å². The van der Waals surface area contributed by atoms with Crippen LogP contribution in [0.1, 0.15) is 0 Å². The summed E-state index contributed by atoms with van der Waals surface area (Å²) in [7, 11) is -5.78. The Morgan fingerprint density at radius 3 is 2.46 bits per heavy atom. The lowest BCUT2D eigenvalue weighted by molar-refractivity contribution is 0.362. The van der Waals surface area contributed by atoms with E-state index in [9.17, 15) is 13.0 Å². The molecule has 1 unspecified atom stereocenters. The molecule has 0 radical (unpaired) electrons. The van der Waals surface area contributed by atoms with Gasteiger partial charge in [-0.1, -0.05) is 5.92 Å². The largest absolute Gasteiger partial charge is 0.331 e. The van der Waals surface area contributed by atoms with Crippen molar-refractivity contribution < 1.29 is 21.7 Å². The molecule has 0 spiro atoms. The molecule has 7 heteroatoms. The Hall–Kier alpha value is -0.340. The minimum Gasteiger partial charge on any atom is -0.331 e. The lowest BCUT2D eigenvalue weighted by Crippen LogP contribution is -2.11. The minimum atomic E-state index is -3.84. The average molecular weight is 226 g/mol. The molecular formula is C6H11O5PS. The molecule has 0 N–H and O–H groups in total. The summed E-state index contributed by atoms with van der Waals surface area (Å²) in [5, 5.41) is 0. The van der Waals surface area contributed by atoms with Gasteiger partial charge in [0, 0.05) is 13.8 Å². The van der Waals surface area contributed by atoms with Crippen LogP contribution in [0.15, 0.2) is 0 Å². The van der Waals surface area contributed by atoms with E-state index in [0.717, 1.165) is 0 Å². The Kier molecular flexibility index (Phi) is 4.65. The van der Waals surface area contributed by atoms with Gasteiger partial charge in [0.2, 0.25) is 7.37 Å². The summed E-state index contributed by atoms with van der Waals surface area (Å²) in [5.74, 6) is 2.00. The number of hydrogen-bond acceptors (Lipinski definition) is 5. The maximum Gasteiger partial charge on any atom is 0.277 e. The van der Waals surface area contributed by atoms with Crippen LogP contribution < -0.4 is 0 Å². The van der Waals surface area contributed by atoms with Gasteiger partial charge in [-0.15, -0.1) is 6.42 Å². The summed E-state index contributed by atoms with van der Waals surface area (Å²) in [6, 6.07) is 0. The molecule has 0 aromatic heterocycles. The van der Waals surface area contributed by atoms with Crippen LogP contribution >= 0.6 is 7.37 Å². The van der Waals surface area contributed by atoms with Crippen LogP contribution in [0.4, 0.5) is 0 Å². The van der Waals surface area contributed by atoms with Gasteiger partial charge in [0.25, 0.3) is 10.1 Å². The van der Waals surface area contributed by atoms with Gasteiger partial charge in [0.15, 0.2) is 5.49 Å². The van der Waals surface area contributed by atoms with E-state index in [4.69, 9.17) is 6.42 Å². The number of rotatable bonds is 5. The topological polar surface area (TPSA) is 69.7 Å². The Morgan fingerprint density at radius 1 is 1.54 bits per heavy atom. The molecule has 0 aliphatic rings. The standard InChI is InChI=1S/C6H11O5PS/c1-4-5-11-13(8,9)6-12(3,7)10-2/h1H,5-6H2,2-3H3. The first-order chi connectivity index (χ1) is 5.83. The molecule has 13 heavy (non-hydrogen) atoms. The van der Waals surface area contributed by atoms with E-state index >= 15 is 0 Å². The maximum absolute atomic E-state index is 11.2. The van der Waals surface area contributed by atoms with Gasteiger partial charge < -0.3 is 4.52 Å². The van der Waals surface area contributed by atoms with Crippen molar-refractivity contribution in [2.45, 2.75) is 0 Å². The highest BCUT2D eigenvalue weighted by molar-refractivity contribution is 7.94. The van der Waals surface area contributed by atoms with Crippen LogP contribution in [0.2, 0.25) is 0 Å². The summed E-state index contributed by atoms with van der Waals surface area (Å²) < 4.78 is 42.0. The molecule has 0 aromatic carbocycles. The van der Waals surface area contributed by atoms with Gasteiger partial charge in [-0.25, -0.2) is 0 Å². The normalized spacial score (nSPS) is 16.1. The summed E-state index contributed by atoms with van der Waals surface area (Å²) >= 11 is 0. The third-order valence-electron chi connectivity index (χ3n) is 1.10. The first-order valence-corrected chi connectivity index (χ1v) is 7.09. The summed E-state index contributed by atoms with van der Waals surface area (Å²) in [6.07, 6.45) is 4.79. The number of terminal acetylenes is 1. The Labute approximate surface area is 78.0 Å². The maximum atomic E-state index is 11.2. The Morgan fingerprint density at radius 2 is 2.08 bits per heavy atom. The van der Waals surface area contributed by atoms with Crippen LogP contribution in [0.25, 0.3) is 0 Å². The van der Waals surface area contributed by atoms with E-state index in [2.05, 4.69) is 8.71 Å². The molecule has 0 saturated carbocycles. The molecule has 0 amide bonds. The molecule has 5 nitrogen and oxygen atoms in total. The highest BCUT2D eigenvalue weighted by Crippen LogP contribution is 2.42. The van der Waals surface area contributed by atoms with Crippen LogP contribution in [-0.2, 0) is 23.4 Å². The second kappa shape index (κ2) is 4.77. The quantitative estimate of drug-likeness (QED) is 0.387. The summed E-state index contributed by atoms with van der Waals surface area (Å²) in [4.78, 5) is 0. The van der Waals surface area contributed by atoms with Gasteiger partial charge in [-0.2, -0.15) is 8.42 Å². The zero-order chi connectivity index (χ0) is 10.5. The summed E-state index contributed by atoms with van der Waals surface area (Å²) in [6.45, 7) is 0.857. The minimum absolute atomic E-state index is 0.355. The first kappa shape index (κ1) is 12.7. The molecule has 0 heterocycles. The molecule has 76 valence electrons. The van der Waals surface area contributed by atoms with Gasteiger partial charge >= 0.3 is 0 Å². The molecule has 1 atom stereocenters. The molecular weight excluding hydrogens is 215 g/mol. The van der Waals surface area contributed by atoms with Crippen molar-refractivity contribution >= 4 is 17.5 Å². The lowest BCUT2D eigenvalue weighted by atomic mass is 10.8. The molecule has 0 aromatic rings. The Bertz CT molecular complexity index is 339. The van der Waals surface area contributed by atoms with Crippen LogP contribution in [0, 0.1) is 12.3 Å². The summed E-state index contributed by atoms with van der Waals surface area (Å²) in [5.41, 5.74) is -0.655. The molecule has 0 bridgehead atoms. The SMILES string of the molecule is C#CCOS(=O)(=O)CP(C)(=O)OC. The van der Waals surface area contributed by atoms with Crippen molar-refractivity contribution in [1.29, 1.82) is 0 Å². The van der Waals surface area contributed by atoms with E-state index in [0.29, 0.717) is 0 Å². The van der Waals surface area contributed by atoms with Gasteiger partial charge in [0.05, 0.1) is 0 Å². The van der Waals surface area contributed by atoms with Crippen molar-refractivity contribution in [3.63, 3.8) is 0 Å². The second-order valence-corrected chi connectivity index (χ2v) is 7.13. The zero-order valence-corrected chi connectivity index (χ0v) is 9.10. The predicted octanol–water partition coefficient (Wildman–Crippen LogP) is 0.478. The lowest BCUT2D eigenvalue weighted by Gasteiger charge is -2.09. The van der Waals surface area contributed by atoms with Crippen LogP contribution in [0.3, 0.4) is 0 Å². The molecule has 0 fully saturated rings. The number of hydrogen-bond donors (Lipinski definition) is 0. The molecule has 0 aliphatic heterocycles. The Balaban J connectivity index is 4.37. The zero-order valence-electron chi connectivity index (χ0n) is 7.39. The van der Waals surface area contributed by atoms with E-state index in [1.54, 1.807) is 0 Å². The fraction of sp³-hybridized carbons (Fsp3) is 0.667. The fourth-order valence-electron chi connectivity index (χ4n) is 0.501. The van der Waals surface area contributed by atoms with Crippen molar-refractivity contribution in [2.24, 2.45) is 0 Å². The van der Waals surface area contributed by atoms with Gasteiger partial charge in [-0.3, -0.25) is 8.75 Å². The monoisotopic (exact) mass is 226 g/mol. The van der Waals surface area contributed by atoms with Crippen LogP contribution in [0.5, 0.6) is 0 Å². The van der Waals surface area contributed by atoms with Crippen molar-refractivity contribution in [2.75, 3.05) is 25.9 Å². The predicted molar refractivity (Wildman–Crippen MR) is 49.1 cm³/mol. The van der Waals surface area contributed by atoms with E-state index in [-0.39, 0.29) is 6.61 Å². The average Bonchev–Trinajstić information content (AvgIpc) is 1.99. The smallest absolute Gasteiger partial charge is 0.277 e. The van der Waals surface area contributed by atoms with Crippen molar-refractivity contribution in [3.05, 3.63) is 0 Å². The second-order valence-electron chi connectivity index (χ2n) is 2.35. The molecule has 0 aliphatic carbocycles. The first-order valence-electron chi connectivity index (χ1n) is 3.26. The van der Waals surface area contributed by atoms with Gasteiger partial charge in [-0.05, 0) is 0 Å².